The fraction of sp³-hybridized carbons (Fsp3) is 0.455. The molecule has 0 heterocycles. The van der Waals surface area contributed by atoms with Crippen molar-refractivity contribution in [3.63, 3.8) is 0 Å². The van der Waals surface area contributed by atoms with Crippen LogP contribution in [0.1, 0.15) is 13.3 Å². The molecule has 1 aromatic rings. The molecule has 0 saturated carbocycles. The first-order valence-corrected chi connectivity index (χ1v) is 6.21. The number of alkyl halides is 1. The summed E-state index contributed by atoms with van der Waals surface area (Å²) < 4.78 is 5.62. The number of ether oxygens (including phenoxy) is 1. The number of para-hydroxylation sites is 1. The van der Waals surface area contributed by atoms with Gasteiger partial charge in [0.2, 0.25) is 0 Å². The Bertz CT molecular complexity index is 274. The molecule has 0 amide bonds. The predicted molar refractivity (Wildman–Crippen MR) is 64.5 cm³/mol. The molecule has 1 aromatic carbocycles. The van der Waals surface area contributed by atoms with E-state index in [4.69, 9.17) is 16.3 Å². The van der Waals surface area contributed by atoms with Crippen molar-refractivity contribution in [2.75, 3.05) is 11.9 Å². The Balaban J connectivity index is 2.49. The maximum absolute atomic E-state index is 5.96. The van der Waals surface area contributed by atoms with Crippen LogP contribution in [0, 0.1) is 5.92 Å². The first kappa shape index (κ1) is 11.9. The van der Waals surface area contributed by atoms with Crippen LogP contribution in [0.3, 0.4) is 0 Å². The molecule has 0 aliphatic rings. The molecule has 1 nitrogen and oxygen atoms in total. The van der Waals surface area contributed by atoms with E-state index in [0.29, 0.717) is 17.5 Å². The van der Waals surface area contributed by atoms with Gasteiger partial charge < -0.3 is 4.74 Å². The molecular formula is C11H14BrClO. The lowest BCUT2D eigenvalue weighted by atomic mass is 10.1. The van der Waals surface area contributed by atoms with Crippen molar-refractivity contribution in [3.05, 3.63) is 29.3 Å². The predicted octanol–water partition coefficient (Wildman–Crippen LogP) is 4.14. The maximum Gasteiger partial charge on any atom is 0.137 e. The molecule has 0 aromatic heterocycles. The van der Waals surface area contributed by atoms with Crippen LogP contribution in [0.15, 0.2) is 24.3 Å². The zero-order chi connectivity index (χ0) is 10.4. The van der Waals surface area contributed by atoms with Gasteiger partial charge in [0.05, 0.1) is 11.6 Å². The van der Waals surface area contributed by atoms with Crippen LogP contribution in [0.25, 0.3) is 0 Å². The summed E-state index contributed by atoms with van der Waals surface area (Å²) in [6.45, 7) is 2.87. The summed E-state index contributed by atoms with van der Waals surface area (Å²) in [5.41, 5.74) is 0. The summed E-state index contributed by atoms with van der Waals surface area (Å²) in [5.74, 6) is 1.32. The molecule has 0 N–H and O–H groups in total. The number of halogens is 2. The molecule has 0 radical (unpaired) electrons. The largest absolute Gasteiger partial charge is 0.492 e. The highest BCUT2D eigenvalue weighted by molar-refractivity contribution is 9.09. The first-order chi connectivity index (χ1) is 6.77. The summed E-state index contributed by atoms with van der Waals surface area (Å²) in [4.78, 5) is 0. The second kappa shape index (κ2) is 6.31. The highest BCUT2D eigenvalue weighted by Crippen LogP contribution is 2.24. The van der Waals surface area contributed by atoms with Crippen LogP contribution in [-0.2, 0) is 0 Å². The van der Waals surface area contributed by atoms with E-state index >= 15 is 0 Å². The maximum atomic E-state index is 5.96. The van der Waals surface area contributed by atoms with E-state index in [1.54, 1.807) is 0 Å². The van der Waals surface area contributed by atoms with E-state index in [0.717, 1.165) is 17.5 Å². The molecule has 3 heteroatoms. The SMILES string of the molecule is CCC(CBr)COc1ccccc1Cl. The summed E-state index contributed by atoms with van der Waals surface area (Å²) in [5, 5.41) is 1.64. The molecule has 78 valence electrons. The average Bonchev–Trinajstić information content (AvgIpc) is 2.22. The molecule has 1 atom stereocenters. The summed E-state index contributed by atoms with van der Waals surface area (Å²) in [6, 6.07) is 7.56. The van der Waals surface area contributed by atoms with Gasteiger partial charge in [-0.2, -0.15) is 0 Å². The van der Waals surface area contributed by atoms with Gasteiger partial charge in [0.1, 0.15) is 5.75 Å². The van der Waals surface area contributed by atoms with Crippen LogP contribution in [0.5, 0.6) is 5.75 Å². The Morgan fingerprint density at radius 1 is 1.43 bits per heavy atom. The number of hydrogen-bond acceptors (Lipinski definition) is 1. The van der Waals surface area contributed by atoms with Crippen LogP contribution >= 0.6 is 27.5 Å². The lowest BCUT2D eigenvalue weighted by Crippen LogP contribution is -2.12. The lowest BCUT2D eigenvalue weighted by Gasteiger charge is -2.13. The third kappa shape index (κ3) is 3.50. The van der Waals surface area contributed by atoms with E-state index < -0.39 is 0 Å². The van der Waals surface area contributed by atoms with Gasteiger partial charge in [-0.05, 0) is 18.6 Å². The Morgan fingerprint density at radius 3 is 2.71 bits per heavy atom. The minimum Gasteiger partial charge on any atom is -0.492 e. The van der Waals surface area contributed by atoms with Crippen molar-refractivity contribution in [1.29, 1.82) is 0 Å². The van der Waals surface area contributed by atoms with E-state index in [1.807, 2.05) is 24.3 Å². The number of benzene rings is 1. The highest BCUT2D eigenvalue weighted by Gasteiger charge is 2.06. The van der Waals surface area contributed by atoms with Crippen molar-refractivity contribution in [2.45, 2.75) is 13.3 Å². The van der Waals surface area contributed by atoms with Crippen LogP contribution in [-0.4, -0.2) is 11.9 Å². The zero-order valence-electron chi connectivity index (χ0n) is 8.17. The lowest BCUT2D eigenvalue weighted by molar-refractivity contribution is 0.260. The smallest absolute Gasteiger partial charge is 0.137 e. The van der Waals surface area contributed by atoms with Crippen molar-refractivity contribution < 1.29 is 4.74 Å². The second-order valence-electron chi connectivity index (χ2n) is 3.17. The standard InChI is InChI=1S/C11H14BrClO/c1-2-9(7-12)8-14-11-6-4-3-5-10(11)13/h3-6,9H,2,7-8H2,1H3. The van der Waals surface area contributed by atoms with Crippen LogP contribution in [0.4, 0.5) is 0 Å². The number of rotatable bonds is 5. The fourth-order valence-electron chi connectivity index (χ4n) is 1.04. The minimum absolute atomic E-state index is 0.547. The van der Waals surface area contributed by atoms with E-state index in [2.05, 4.69) is 22.9 Å². The molecule has 1 rings (SSSR count). The van der Waals surface area contributed by atoms with Gasteiger partial charge in [-0.15, -0.1) is 0 Å². The summed E-state index contributed by atoms with van der Waals surface area (Å²) in [6.07, 6.45) is 1.11. The normalized spacial score (nSPS) is 12.5. The van der Waals surface area contributed by atoms with Gasteiger partial charge in [0, 0.05) is 11.2 Å². The van der Waals surface area contributed by atoms with E-state index in [-0.39, 0.29) is 0 Å². The van der Waals surface area contributed by atoms with Gasteiger partial charge >= 0.3 is 0 Å². The van der Waals surface area contributed by atoms with Gasteiger partial charge in [-0.25, -0.2) is 0 Å². The molecule has 0 saturated heterocycles. The van der Waals surface area contributed by atoms with Gasteiger partial charge in [0.25, 0.3) is 0 Å². The van der Waals surface area contributed by atoms with Crippen molar-refractivity contribution in [1.82, 2.24) is 0 Å². The fourth-order valence-corrected chi connectivity index (χ4v) is 1.88. The Kier molecular flexibility index (Phi) is 5.34. The zero-order valence-corrected chi connectivity index (χ0v) is 10.5. The van der Waals surface area contributed by atoms with Crippen molar-refractivity contribution in [3.8, 4) is 5.75 Å². The van der Waals surface area contributed by atoms with Gasteiger partial charge in [-0.3, -0.25) is 0 Å². The Hall–Kier alpha value is -0.210. The second-order valence-corrected chi connectivity index (χ2v) is 4.22. The van der Waals surface area contributed by atoms with Crippen molar-refractivity contribution >= 4 is 27.5 Å². The molecule has 0 aliphatic heterocycles. The molecule has 0 fully saturated rings. The minimum atomic E-state index is 0.547. The molecule has 0 aliphatic carbocycles. The van der Waals surface area contributed by atoms with E-state index in [1.165, 1.54) is 0 Å². The van der Waals surface area contributed by atoms with Crippen molar-refractivity contribution in [2.24, 2.45) is 5.92 Å². The molecule has 0 bridgehead atoms. The Labute approximate surface area is 98.5 Å². The van der Waals surface area contributed by atoms with Gasteiger partial charge in [0.15, 0.2) is 0 Å². The summed E-state index contributed by atoms with van der Waals surface area (Å²) in [7, 11) is 0. The molecule has 1 unspecified atom stereocenters. The molecule has 14 heavy (non-hydrogen) atoms. The number of hydrogen-bond donors (Lipinski definition) is 0. The third-order valence-corrected chi connectivity index (χ3v) is 3.33. The van der Waals surface area contributed by atoms with Gasteiger partial charge in [-0.1, -0.05) is 46.6 Å². The first-order valence-electron chi connectivity index (χ1n) is 4.71. The third-order valence-electron chi connectivity index (χ3n) is 2.11. The topological polar surface area (TPSA) is 9.23 Å². The highest BCUT2D eigenvalue weighted by atomic mass is 79.9. The molecule has 0 spiro atoms. The van der Waals surface area contributed by atoms with Crippen LogP contribution < -0.4 is 4.74 Å². The quantitative estimate of drug-likeness (QED) is 0.735. The van der Waals surface area contributed by atoms with Crippen LogP contribution in [0.2, 0.25) is 5.02 Å². The monoisotopic (exact) mass is 276 g/mol. The molecular weight excluding hydrogens is 263 g/mol. The van der Waals surface area contributed by atoms with E-state index in [9.17, 15) is 0 Å². The summed E-state index contributed by atoms with van der Waals surface area (Å²) >= 11 is 9.41. The Morgan fingerprint density at radius 2 is 2.14 bits per heavy atom. The average molecular weight is 278 g/mol.